The highest BCUT2D eigenvalue weighted by molar-refractivity contribution is 6.30. The van der Waals surface area contributed by atoms with Crippen molar-refractivity contribution in [1.29, 1.82) is 0 Å². The first-order valence-corrected chi connectivity index (χ1v) is 8.37. The Hall–Kier alpha value is -2.07. The van der Waals surface area contributed by atoms with E-state index in [0.717, 1.165) is 12.1 Å². The summed E-state index contributed by atoms with van der Waals surface area (Å²) in [5, 5.41) is 7.88. The predicted octanol–water partition coefficient (Wildman–Crippen LogP) is 4.15. The second-order valence-electron chi connectivity index (χ2n) is 5.76. The van der Waals surface area contributed by atoms with Crippen LogP contribution in [0.3, 0.4) is 0 Å². The van der Waals surface area contributed by atoms with Gasteiger partial charge in [0.05, 0.1) is 17.4 Å². The molecule has 1 aromatic carbocycles. The van der Waals surface area contributed by atoms with E-state index in [1.807, 2.05) is 12.1 Å². The molecule has 1 N–H and O–H groups in total. The minimum atomic E-state index is -0.0818. The zero-order valence-corrected chi connectivity index (χ0v) is 13.7. The fourth-order valence-electron chi connectivity index (χ4n) is 2.75. The molecule has 0 bridgehead atoms. The van der Waals surface area contributed by atoms with E-state index in [4.69, 9.17) is 11.6 Å². The molecular formula is C18H20ClN3O. The number of rotatable bonds is 5. The highest BCUT2D eigenvalue weighted by atomic mass is 35.5. The third-order valence-corrected chi connectivity index (χ3v) is 4.30. The van der Waals surface area contributed by atoms with Crippen LogP contribution >= 0.6 is 11.6 Å². The molecule has 1 aliphatic rings. The summed E-state index contributed by atoms with van der Waals surface area (Å²) in [5.74, 6) is -0.0818. The monoisotopic (exact) mass is 329 g/mol. The van der Waals surface area contributed by atoms with Gasteiger partial charge in [-0.3, -0.25) is 4.79 Å². The first-order valence-electron chi connectivity index (χ1n) is 7.99. The molecule has 1 aromatic heterocycles. The number of carbonyl (C=O) groups is 1. The Morgan fingerprint density at radius 3 is 2.83 bits per heavy atom. The van der Waals surface area contributed by atoms with Crippen LogP contribution in [0.1, 0.15) is 42.5 Å². The van der Waals surface area contributed by atoms with E-state index in [9.17, 15) is 4.79 Å². The van der Waals surface area contributed by atoms with Crippen molar-refractivity contribution in [1.82, 2.24) is 15.1 Å². The number of hydrogen-bond donors (Lipinski definition) is 1. The lowest BCUT2D eigenvalue weighted by Crippen LogP contribution is -2.24. The van der Waals surface area contributed by atoms with Gasteiger partial charge >= 0.3 is 0 Å². The van der Waals surface area contributed by atoms with Crippen LogP contribution in [0.5, 0.6) is 0 Å². The number of nitrogens with one attached hydrogen (secondary N) is 1. The van der Waals surface area contributed by atoms with E-state index in [1.54, 1.807) is 29.2 Å². The van der Waals surface area contributed by atoms with Gasteiger partial charge in [0.25, 0.3) is 5.91 Å². The Bertz CT molecular complexity index is 703. The summed E-state index contributed by atoms with van der Waals surface area (Å²) in [4.78, 5) is 12.2. The molecule has 120 valence electrons. The fourth-order valence-corrected chi connectivity index (χ4v) is 2.87. The molecule has 0 unspecified atom stereocenters. The zero-order chi connectivity index (χ0) is 16.1. The lowest BCUT2D eigenvalue weighted by atomic mass is 9.97. The van der Waals surface area contributed by atoms with Gasteiger partial charge in [-0.1, -0.05) is 23.3 Å². The Morgan fingerprint density at radius 1 is 1.26 bits per heavy atom. The normalized spacial score (nSPS) is 14.4. The van der Waals surface area contributed by atoms with Crippen molar-refractivity contribution < 1.29 is 4.79 Å². The van der Waals surface area contributed by atoms with E-state index >= 15 is 0 Å². The van der Waals surface area contributed by atoms with E-state index in [2.05, 4.69) is 16.5 Å². The van der Waals surface area contributed by atoms with Gasteiger partial charge in [0, 0.05) is 17.8 Å². The van der Waals surface area contributed by atoms with Gasteiger partial charge in [0.15, 0.2) is 0 Å². The smallest absolute Gasteiger partial charge is 0.254 e. The molecule has 0 saturated heterocycles. The summed E-state index contributed by atoms with van der Waals surface area (Å²) in [6.45, 7) is 0.677. The molecular weight excluding hydrogens is 310 g/mol. The van der Waals surface area contributed by atoms with E-state index in [-0.39, 0.29) is 5.91 Å². The van der Waals surface area contributed by atoms with Gasteiger partial charge in [-0.15, -0.1) is 0 Å². The standard InChI is InChI=1S/C18H20ClN3O/c19-16-6-8-17(9-7-16)22-13-15(12-21-22)18(23)20-11-10-14-4-2-1-3-5-14/h4,6-9,12-13H,1-3,5,10-11H2,(H,20,23). The molecule has 2 aromatic rings. The maximum Gasteiger partial charge on any atom is 0.254 e. The van der Waals surface area contributed by atoms with Crippen molar-refractivity contribution in [3.63, 3.8) is 0 Å². The first kappa shape index (κ1) is 15.8. The summed E-state index contributed by atoms with van der Waals surface area (Å²) in [7, 11) is 0. The predicted molar refractivity (Wildman–Crippen MR) is 92.1 cm³/mol. The van der Waals surface area contributed by atoms with Crippen LogP contribution in [-0.4, -0.2) is 22.2 Å². The molecule has 1 amide bonds. The summed E-state index contributed by atoms with van der Waals surface area (Å²) in [5.41, 5.74) is 2.91. The topological polar surface area (TPSA) is 46.9 Å². The van der Waals surface area contributed by atoms with Gasteiger partial charge in [0.1, 0.15) is 0 Å². The largest absolute Gasteiger partial charge is 0.352 e. The highest BCUT2D eigenvalue weighted by Crippen LogP contribution is 2.19. The number of carbonyl (C=O) groups excluding carboxylic acids is 1. The molecule has 0 spiro atoms. The molecule has 0 fully saturated rings. The molecule has 3 rings (SSSR count). The maximum absolute atomic E-state index is 12.2. The SMILES string of the molecule is O=C(NCCC1=CCCCC1)c1cnn(-c2ccc(Cl)cc2)c1. The van der Waals surface area contributed by atoms with Crippen LogP contribution in [0.2, 0.25) is 5.02 Å². The number of hydrogen-bond acceptors (Lipinski definition) is 2. The van der Waals surface area contributed by atoms with Gasteiger partial charge in [0.2, 0.25) is 0 Å². The minimum absolute atomic E-state index is 0.0818. The molecule has 0 saturated carbocycles. The second kappa shape index (κ2) is 7.47. The highest BCUT2D eigenvalue weighted by Gasteiger charge is 2.10. The Labute approximate surface area is 141 Å². The van der Waals surface area contributed by atoms with E-state index < -0.39 is 0 Å². The van der Waals surface area contributed by atoms with Crippen molar-refractivity contribution in [3.8, 4) is 5.69 Å². The number of nitrogens with zero attached hydrogens (tertiary/aromatic N) is 2. The van der Waals surface area contributed by atoms with E-state index in [0.29, 0.717) is 17.1 Å². The molecule has 1 heterocycles. The first-order chi connectivity index (χ1) is 11.2. The Balaban J connectivity index is 1.55. The molecule has 0 atom stereocenters. The summed E-state index contributed by atoms with van der Waals surface area (Å²) in [6, 6.07) is 7.34. The van der Waals surface area contributed by atoms with Crippen LogP contribution in [0.25, 0.3) is 5.69 Å². The molecule has 1 aliphatic carbocycles. The van der Waals surface area contributed by atoms with Crippen molar-refractivity contribution in [3.05, 3.63) is 58.9 Å². The number of aromatic nitrogens is 2. The van der Waals surface area contributed by atoms with Crippen molar-refractivity contribution >= 4 is 17.5 Å². The molecule has 5 heteroatoms. The number of halogens is 1. The number of benzene rings is 1. The van der Waals surface area contributed by atoms with Gasteiger partial charge in [-0.2, -0.15) is 5.10 Å². The summed E-state index contributed by atoms with van der Waals surface area (Å²) >= 11 is 5.88. The van der Waals surface area contributed by atoms with Gasteiger partial charge in [-0.05, 0) is 56.4 Å². The van der Waals surface area contributed by atoms with Crippen LogP contribution < -0.4 is 5.32 Å². The third-order valence-electron chi connectivity index (χ3n) is 4.05. The number of amides is 1. The van der Waals surface area contributed by atoms with Crippen molar-refractivity contribution in [2.75, 3.05) is 6.54 Å². The number of allylic oxidation sites excluding steroid dienone is 1. The zero-order valence-electron chi connectivity index (χ0n) is 13.0. The lowest BCUT2D eigenvalue weighted by Gasteiger charge is -2.12. The molecule has 0 radical (unpaired) electrons. The van der Waals surface area contributed by atoms with Crippen molar-refractivity contribution in [2.45, 2.75) is 32.1 Å². The molecule has 4 nitrogen and oxygen atoms in total. The van der Waals surface area contributed by atoms with Gasteiger partial charge < -0.3 is 5.32 Å². The second-order valence-corrected chi connectivity index (χ2v) is 6.20. The third kappa shape index (κ3) is 4.23. The molecule has 0 aliphatic heterocycles. The summed E-state index contributed by atoms with van der Waals surface area (Å²) in [6.07, 6.45) is 11.5. The maximum atomic E-state index is 12.2. The van der Waals surface area contributed by atoms with Crippen LogP contribution in [0.4, 0.5) is 0 Å². The average molecular weight is 330 g/mol. The minimum Gasteiger partial charge on any atom is -0.352 e. The average Bonchev–Trinajstić information content (AvgIpc) is 3.06. The quantitative estimate of drug-likeness (QED) is 0.838. The van der Waals surface area contributed by atoms with E-state index in [1.165, 1.54) is 31.3 Å². The molecule has 23 heavy (non-hydrogen) atoms. The van der Waals surface area contributed by atoms with Crippen LogP contribution in [0, 0.1) is 0 Å². The Kier molecular flexibility index (Phi) is 5.13. The Morgan fingerprint density at radius 2 is 2.09 bits per heavy atom. The van der Waals surface area contributed by atoms with Gasteiger partial charge in [-0.25, -0.2) is 4.68 Å². The fraction of sp³-hybridized carbons (Fsp3) is 0.333. The lowest BCUT2D eigenvalue weighted by molar-refractivity contribution is 0.0954. The van der Waals surface area contributed by atoms with Crippen LogP contribution in [-0.2, 0) is 0 Å². The van der Waals surface area contributed by atoms with Crippen LogP contribution in [0.15, 0.2) is 48.3 Å². The summed E-state index contributed by atoms with van der Waals surface area (Å²) < 4.78 is 1.68. The van der Waals surface area contributed by atoms with Crippen molar-refractivity contribution in [2.24, 2.45) is 0 Å².